The minimum absolute atomic E-state index is 0.0685. The minimum atomic E-state index is -0.930. The highest BCUT2D eigenvalue weighted by atomic mass is 16.4. The summed E-state index contributed by atoms with van der Waals surface area (Å²) in [4.78, 5) is 28.6. The van der Waals surface area contributed by atoms with Crippen LogP contribution in [0.2, 0.25) is 0 Å². The molecule has 0 bridgehead atoms. The maximum Gasteiger partial charge on any atom is 0.309 e. The second kappa shape index (κ2) is 4.20. The molecule has 17 heavy (non-hydrogen) atoms. The second-order valence-electron chi connectivity index (χ2n) is 4.20. The number of nitrogens with zero attached hydrogens (tertiary/aromatic N) is 3. The minimum Gasteiger partial charge on any atom is -0.481 e. The third-order valence-electron chi connectivity index (χ3n) is 3.25. The fourth-order valence-electron chi connectivity index (χ4n) is 2.40. The van der Waals surface area contributed by atoms with Crippen molar-refractivity contribution in [1.82, 2.24) is 14.5 Å². The molecule has 6 nitrogen and oxygen atoms in total. The number of amides is 1. The highest BCUT2D eigenvalue weighted by Gasteiger charge is 2.45. The number of hydrogen-bond acceptors (Lipinski definition) is 3. The van der Waals surface area contributed by atoms with E-state index in [9.17, 15) is 14.7 Å². The molecule has 1 aromatic rings. The van der Waals surface area contributed by atoms with Gasteiger partial charge < -0.3 is 14.6 Å². The van der Waals surface area contributed by atoms with Crippen molar-refractivity contribution in [3.8, 4) is 0 Å². The van der Waals surface area contributed by atoms with Crippen LogP contribution in [-0.4, -0.2) is 38.0 Å². The third kappa shape index (κ3) is 1.79. The molecule has 6 heteroatoms. The number of likely N-dealkylation sites (tertiary alicyclic amines) is 1. The lowest BCUT2D eigenvalue weighted by molar-refractivity contribution is -0.142. The molecule has 0 spiro atoms. The largest absolute Gasteiger partial charge is 0.481 e. The molecule has 1 aromatic heterocycles. The number of carboxylic acid groups (broad SMARTS) is 1. The fourth-order valence-corrected chi connectivity index (χ4v) is 2.40. The molecule has 1 N–H and O–H groups in total. The molecule has 0 aromatic carbocycles. The molecule has 0 radical (unpaired) electrons. The first kappa shape index (κ1) is 11.6. The van der Waals surface area contributed by atoms with Gasteiger partial charge in [-0.3, -0.25) is 9.59 Å². The Labute approximate surface area is 98.9 Å². The molecule has 2 heterocycles. The van der Waals surface area contributed by atoms with E-state index in [0.29, 0.717) is 6.54 Å². The molecule has 1 aliphatic rings. The van der Waals surface area contributed by atoms with Gasteiger partial charge in [-0.1, -0.05) is 0 Å². The molecule has 2 atom stereocenters. The van der Waals surface area contributed by atoms with Crippen LogP contribution >= 0.6 is 0 Å². The number of carbonyl (C=O) groups is 2. The fraction of sp³-hybridized carbons (Fsp3) is 0.545. The first-order chi connectivity index (χ1) is 8.06. The van der Waals surface area contributed by atoms with Crippen molar-refractivity contribution in [2.24, 2.45) is 13.0 Å². The summed E-state index contributed by atoms with van der Waals surface area (Å²) < 4.78 is 1.77. The average molecular weight is 237 g/mol. The van der Waals surface area contributed by atoms with E-state index in [1.54, 1.807) is 29.0 Å². The van der Waals surface area contributed by atoms with Crippen molar-refractivity contribution in [3.05, 3.63) is 18.2 Å². The Bertz CT molecular complexity index is 455. The first-order valence-electron chi connectivity index (χ1n) is 5.54. The van der Waals surface area contributed by atoms with Crippen LogP contribution in [0.1, 0.15) is 25.1 Å². The van der Waals surface area contributed by atoms with Crippen molar-refractivity contribution < 1.29 is 14.7 Å². The molecule has 2 unspecified atom stereocenters. The van der Waals surface area contributed by atoms with E-state index in [1.165, 1.54) is 0 Å². The predicted molar refractivity (Wildman–Crippen MR) is 59.1 cm³/mol. The van der Waals surface area contributed by atoms with Gasteiger partial charge in [-0.2, -0.15) is 0 Å². The quantitative estimate of drug-likeness (QED) is 0.826. The van der Waals surface area contributed by atoms with Crippen molar-refractivity contribution in [2.75, 3.05) is 6.54 Å². The second-order valence-corrected chi connectivity index (χ2v) is 4.20. The molecular weight excluding hydrogens is 222 g/mol. The van der Waals surface area contributed by atoms with Crippen LogP contribution in [-0.2, 0) is 16.6 Å². The van der Waals surface area contributed by atoms with E-state index in [-0.39, 0.29) is 12.3 Å². The van der Waals surface area contributed by atoms with Gasteiger partial charge in [-0.15, -0.1) is 0 Å². The topological polar surface area (TPSA) is 75.4 Å². The molecule has 1 aliphatic heterocycles. The average Bonchev–Trinajstić information content (AvgIpc) is 2.81. The van der Waals surface area contributed by atoms with Gasteiger partial charge in [-0.05, 0) is 6.92 Å². The number of hydrogen-bond donors (Lipinski definition) is 1. The van der Waals surface area contributed by atoms with Crippen molar-refractivity contribution in [3.63, 3.8) is 0 Å². The number of carbonyl (C=O) groups excluding carboxylic acids is 1. The van der Waals surface area contributed by atoms with Gasteiger partial charge >= 0.3 is 5.97 Å². The normalized spacial score (nSPS) is 24.4. The van der Waals surface area contributed by atoms with Crippen molar-refractivity contribution in [1.29, 1.82) is 0 Å². The smallest absolute Gasteiger partial charge is 0.309 e. The number of imidazole rings is 1. The van der Waals surface area contributed by atoms with Crippen LogP contribution < -0.4 is 0 Å². The van der Waals surface area contributed by atoms with Gasteiger partial charge in [0.2, 0.25) is 5.91 Å². The molecule has 0 saturated carbocycles. The lowest BCUT2D eigenvalue weighted by atomic mass is 9.98. The summed E-state index contributed by atoms with van der Waals surface area (Å²) in [7, 11) is 1.80. The highest BCUT2D eigenvalue weighted by molar-refractivity contribution is 5.87. The standard InChI is InChI=1S/C11H15N3O3/c1-3-14-9(15)4-7(11(16)17)10(14)8-5-12-6-13(8)2/h5-7,10H,3-4H2,1-2H3,(H,16,17). The summed E-state index contributed by atoms with van der Waals surface area (Å²) in [6, 6.07) is -0.405. The maximum atomic E-state index is 11.8. The lowest BCUT2D eigenvalue weighted by Gasteiger charge is -2.25. The lowest BCUT2D eigenvalue weighted by Crippen LogP contribution is -2.31. The molecule has 2 rings (SSSR count). The van der Waals surface area contributed by atoms with Crippen LogP contribution in [0.5, 0.6) is 0 Å². The Hall–Kier alpha value is -1.85. The number of aromatic nitrogens is 2. The number of rotatable bonds is 3. The van der Waals surface area contributed by atoms with Gasteiger partial charge in [0.25, 0.3) is 0 Å². The van der Waals surface area contributed by atoms with Gasteiger partial charge in [-0.25, -0.2) is 4.98 Å². The van der Waals surface area contributed by atoms with Crippen LogP contribution in [0.3, 0.4) is 0 Å². The molecule has 1 fully saturated rings. The molecular formula is C11H15N3O3. The summed E-state index contributed by atoms with van der Waals surface area (Å²) in [5.74, 6) is -1.72. The van der Waals surface area contributed by atoms with Crippen LogP contribution in [0.4, 0.5) is 0 Å². The van der Waals surface area contributed by atoms with E-state index in [2.05, 4.69) is 4.98 Å². The number of carboxylic acids is 1. The Balaban J connectivity index is 2.42. The van der Waals surface area contributed by atoms with Crippen molar-refractivity contribution >= 4 is 11.9 Å². The Morgan fingerprint density at radius 2 is 2.35 bits per heavy atom. The van der Waals surface area contributed by atoms with E-state index < -0.39 is 17.9 Å². The predicted octanol–water partition coefficient (Wildman–Crippen LogP) is 0.414. The molecule has 1 amide bonds. The highest BCUT2D eigenvalue weighted by Crippen LogP contribution is 2.37. The van der Waals surface area contributed by atoms with Crippen LogP contribution in [0.25, 0.3) is 0 Å². The van der Waals surface area contributed by atoms with Crippen LogP contribution in [0.15, 0.2) is 12.5 Å². The number of aryl methyl sites for hydroxylation is 1. The van der Waals surface area contributed by atoms with E-state index in [4.69, 9.17) is 0 Å². The Morgan fingerprint density at radius 3 is 2.82 bits per heavy atom. The third-order valence-corrected chi connectivity index (χ3v) is 3.25. The maximum absolute atomic E-state index is 11.8. The monoisotopic (exact) mass is 237 g/mol. The SMILES string of the molecule is CCN1C(=O)CC(C(=O)O)C1c1cncn1C. The number of aliphatic carboxylic acids is 1. The summed E-state index contributed by atoms with van der Waals surface area (Å²) in [5, 5.41) is 9.20. The molecule has 1 saturated heterocycles. The zero-order valence-corrected chi connectivity index (χ0v) is 9.83. The zero-order valence-electron chi connectivity index (χ0n) is 9.83. The summed E-state index contributed by atoms with van der Waals surface area (Å²) in [6.07, 6.45) is 3.31. The molecule has 92 valence electrons. The Morgan fingerprint density at radius 1 is 1.65 bits per heavy atom. The molecule has 0 aliphatic carbocycles. The van der Waals surface area contributed by atoms with Gasteiger partial charge in [0, 0.05) is 20.0 Å². The van der Waals surface area contributed by atoms with E-state index >= 15 is 0 Å². The summed E-state index contributed by atoms with van der Waals surface area (Å²) >= 11 is 0. The zero-order chi connectivity index (χ0) is 12.6. The van der Waals surface area contributed by atoms with Gasteiger partial charge in [0.1, 0.15) is 0 Å². The first-order valence-corrected chi connectivity index (χ1v) is 5.54. The summed E-state index contributed by atoms with van der Waals surface area (Å²) in [6.45, 7) is 2.37. The van der Waals surface area contributed by atoms with E-state index in [1.807, 2.05) is 6.92 Å². The van der Waals surface area contributed by atoms with Gasteiger partial charge in [0.15, 0.2) is 0 Å². The van der Waals surface area contributed by atoms with Crippen LogP contribution in [0, 0.1) is 5.92 Å². The summed E-state index contributed by atoms with van der Waals surface area (Å²) in [5.41, 5.74) is 0.769. The van der Waals surface area contributed by atoms with Crippen molar-refractivity contribution in [2.45, 2.75) is 19.4 Å². The van der Waals surface area contributed by atoms with Gasteiger partial charge in [0.05, 0.1) is 30.2 Å². The Kier molecular flexibility index (Phi) is 2.87. The van der Waals surface area contributed by atoms with E-state index in [0.717, 1.165) is 5.69 Å².